The fourth-order valence-corrected chi connectivity index (χ4v) is 2.42. The van der Waals surface area contributed by atoms with Crippen molar-refractivity contribution in [2.75, 3.05) is 12.4 Å². The van der Waals surface area contributed by atoms with Crippen LogP contribution in [0.1, 0.15) is 27.4 Å². The third-order valence-electron chi connectivity index (χ3n) is 3.93. The van der Waals surface area contributed by atoms with Crippen molar-refractivity contribution in [2.45, 2.75) is 20.5 Å². The molecule has 1 aromatic heterocycles. The highest BCUT2D eigenvalue weighted by Gasteiger charge is 2.20. The highest BCUT2D eigenvalue weighted by molar-refractivity contribution is 6.04. The van der Waals surface area contributed by atoms with Crippen molar-refractivity contribution in [1.29, 1.82) is 0 Å². The summed E-state index contributed by atoms with van der Waals surface area (Å²) in [4.78, 5) is 12.6. The summed E-state index contributed by atoms with van der Waals surface area (Å²) in [6.07, 6.45) is 0. The Balaban J connectivity index is 1.73. The highest BCUT2D eigenvalue weighted by atomic mass is 16.5. The SMILES string of the molecule is COc1cccc(NC(=O)c2noc(C)c2COc2ccc(C)cc2)c1. The molecule has 0 aliphatic heterocycles. The molecule has 26 heavy (non-hydrogen) atoms. The number of aryl methyl sites for hydroxylation is 2. The summed E-state index contributed by atoms with van der Waals surface area (Å²) in [6.45, 7) is 3.96. The molecule has 6 nitrogen and oxygen atoms in total. The maximum absolute atomic E-state index is 12.6. The molecule has 6 heteroatoms. The Morgan fingerprint density at radius 2 is 1.88 bits per heavy atom. The van der Waals surface area contributed by atoms with Crippen LogP contribution in [0.3, 0.4) is 0 Å². The zero-order valence-corrected chi connectivity index (χ0v) is 14.9. The van der Waals surface area contributed by atoms with Gasteiger partial charge in [-0.2, -0.15) is 0 Å². The number of benzene rings is 2. The molecule has 0 aliphatic rings. The number of hydrogen-bond donors (Lipinski definition) is 1. The second kappa shape index (κ2) is 7.74. The fraction of sp³-hybridized carbons (Fsp3) is 0.200. The molecule has 134 valence electrons. The first-order valence-corrected chi connectivity index (χ1v) is 8.17. The molecular weight excluding hydrogens is 332 g/mol. The summed E-state index contributed by atoms with van der Waals surface area (Å²) >= 11 is 0. The second-order valence-corrected chi connectivity index (χ2v) is 5.85. The number of rotatable bonds is 6. The normalized spacial score (nSPS) is 10.4. The first kappa shape index (κ1) is 17.5. The van der Waals surface area contributed by atoms with Crippen LogP contribution in [0.5, 0.6) is 11.5 Å². The van der Waals surface area contributed by atoms with Gasteiger partial charge in [-0.05, 0) is 38.1 Å². The molecule has 0 saturated carbocycles. The number of nitrogens with zero attached hydrogens (tertiary/aromatic N) is 1. The van der Waals surface area contributed by atoms with Crippen LogP contribution in [-0.4, -0.2) is 18.2 Å². The fourth-order valence-electron chi connectivity index (χ4n) is 2.42. The van der Waals surface area contributed by atoms with Crippen LogP contribution in [0.2, 0.25) is 0 Å². The van der Waals surface area contributed by atoms with E-state index < -0.39 is 0 Å². The first-order valence-electron chi connectivity index (χ1n) is 8.17. The monoisotopic (exact) mass is 352 g/mol. The van der Waals surface area contributed by atoms with Gasteiger partial charge in [-0.15, -0.1) is 0 Å². The van der Waals surface area contributed by atoms with Crippen molar-refractivity contribution in [3.63, 3.8) is 0 Å². The van der Waals surface area contributed by atoms with Gasteiger partial charge >= 0.3 is 0 Å². The van der Waals surface area contributed by atoms with E-state index in [-0.39, 0.29) is 18.2 Å². The van der Waals surface area contributed by atoms with Crippen molar-refractivity contribution in [3.8, 4) is 11.5 Å². The Morgan fingerprint density at radius 1 is 1.12 bits per heavy atom. The molecule has 1 N–H and O–H groups in total. The van der Waals surface area contributed by atoms with Gasteiger partial charge in [0.2, 0.25) is 0 Å². The zero-order chi connectivity index (χ0) is 18.5. The number of carbonyl (C=O) groups excluding carboxylic acids is 1. The lowest BCUT2D eigenvalue weighted by Crippen LogP contribution is -2.15. The van der Waals surface area contributed by atoms with E-state index in [4.69, 9.17) is 14.0 Å². The Morgan fingerprint density at radius 3 is 2.62 bits per heavy atom. The van der Waals surface area contributed by atoms with Crippen LogP contribution in [0, 0.1) is 13.8 Å². The molecule has 0 saturated heterocycles. The van der Waals surface area contributed by atoms with E-state index in [0.29, 0.717) is 22.8 Å². The van der Waals surface area contributed by atoms with Crippen LogP contribution in [-0.2, 0) is 6.61 Å². The van der Waals surface area contributed by atoms with E-state index in [2.05, 4.69) is 10.5 Å². The Hall–Kier alpha value is -3.28. The minimum Gasteiger partial charge on any atom is -0.497 e. The van der Waals surface area contributed by atoms with Crippen molar-refractivity contribution < 1.29 is 18.8 Å². The van der Waals surface area contributed by atoms with E-state index in [1.54, 1.807) is 38.3 Å². The van der Waals surface area contributed by atoms with Gasteiger partial charge in [0.05, 0.1) is 12.7 Å². The van der Waals surface area contributed by atoms with Crippen molar-refractivity contribution in [3.05, 3.63) is 71.1 Å². The van der Waals surface area contributed by atoms with E-state index in [1.807, 2.05) is 31.2 Å². The third kappa shape index (κ3) is 4.03. The number of hydrogen-bond acceptors (Lipinski definition) is 5. The number of carbonyl (C=O) groups is 1. The summed E-state index contributed by atoms with van der Waals surface area (Å²) in [5, 5.41) is 6.68. The number of amides is 1. The van der Waals surface area contributed by atoms with E-state index >= 15 is 0 Å². The average Bonchev–Trinajstić information content (AvgIpc) is 3.02. The first-order chi connectivity index (χ1) is 12.6. The number of ether oxygens (including phenoxy) is 2. The summed E-state index contributed by atoms with van der Waals surface area (Å²) in [6, 6.07) is 14.8. The Kier molecular flexibility index (Phi) is 5.22. The highest BCUT2D eigenvalue weighted by Crippen LogP contribution is 2.21. The minimum atomic E-state index is -0.363. The molecule has 3 aromatic rings. The van der Waals surface area contributed by atoms with Gasteiger partial charge in [0.15, 0.2) is 5.69 Å². The molecule has 0 radical (unpaired) electrons. The van der Waals surface area contributed by atoms with Gasteiger partial charge in [0, 0.05) is 11.8 Å². The number of aromatic nitrogens is 1. The predicted octanol–water partition coefficient (Wildman–Crippen LogP) is 4.13. The molecule has 2 aromatic carbocycles. The molecule has 0 bridgehead atoms. The van der Waals surface area contributed by atoms with Crippen LogP contribution in [0.4, 0.5) is 5.69 Å². The van der Waals surface area contributed by atoms with Crippen LogP contribution >= 0.6 is 0 Å². The Bertz CT molecular complexity index is 900. The van der Waals surface area contributed by atoms with Crippen LogP contribution < -0.4 is 14.8 Å². The van der Waals surface area contributed by atoms with Gasteiger partial charge in [0.25, 0.3) is 5.91 Å². The standard InChI is InChI=1S/C20H20N2O4/c1-13-7-9-16(10-8-13)25-12-18-14(2)26-22-19(18)20(23)21-15-5-4-6-17(11-15)24-3/h4-11H,12H2,1-3H3,(H,21,23). The van der Waals surface area contributed by atoms with Crippen molar-refractivity contribution in [1.82, 2.24) is 5.16 Å². The molecule has 1 amide bonds. The smallest absolute Gasteiger partial charge is 0.278 e. The van der Waals surface area contributed by atoms with Gasteiger partial charge < -0.3 is 19.3 Å². The Labute approximate surface area is 151 Å². The molecule has 0 fully saturated rings. The molecule has 0 atom stereocenters. The lowest BCUT2D eigenvalue weighted by atomic mass is 10.2. The quantitative estimate of drug-likeness (QED) is 0.722. The van der Waals surface area contributed by atoms with E-state index in [0.717, 1.165) is 11.3 Å². The van der Waals surface area contributed by atoms with Crippen molar-refractivity contribution in [2.24, 2.45) is 0 Å². The topological polar surface area (TPSA) is 73.6 Å². The molecular formula is C20H20N2O4. The van der Waals surface area contributed by atoms with Crippen LogP contribution in [0.15, 0.2) is 53.1 Å². The summed E-state index contributed by atoms with van der Waals surface area (Å²) in [7, 11) is 1.57. The summed E-state index contributed by atoms with van der Waals surface area (Å²) in [5.41, 5.74) is 2.58. The number of methoxy groups -OCH3 is 1. The summed E-state index contributed by atoms with van der Waals surface area (Å²) in [5.74, 6) is 1.56. The number of anilines is 1. The lowest BCUT2D eigenvalue weighted by molar-refractivity contribution is 0.101. The summed E-state index contributed by atoms with van der Waals surface area (Å²) < 4.78 is 16.1. The largest absolute Gasteiger partial charge is 0.497 e. The van der Waals surface area contributed by atoms with E-state index in [1.165, 1.54) is 0 Å². The maximum atomic E-state index is 12.6. The minimum absolute atomic E-state index is 0.194. The zero-order valence-electron chi connectivity index (χ0n) is 14.9. The van der Waals surface area contributed by atoms with Gasteiger partial charge in [-0.25, -0.2) is 0 Å². The van der Waals surface area contributed by atoms with Crippen molar-refractivity contribution >= 4 is 11.6 Å². The second-order valence-electron chi connectivity index (χ2n) is 5.85. The van der Waals surface area contributed by atoms with Gasteiger partial charge in [-0.1, -0.05) is 28.9 Å². The molecule has 0 spiro atoms. The van der Waals surface area contributed by atoms with Crippen LogP contribution in [0.25, 0.3) is 0 Å². The molecule has 1 heterocycles. The van der Waals surface area contributed by atoms with Gasteiger partial charge in [-0.3, -0.25) is 4.79 Å². The predicted molar refractivity (Wildman–Crippen MR) is 97.7 cm³/mol. The number of nitrogens with one attached hydrogen (secondary N) is 1. The third-order valence-corrected chi connectivity index (χ3v) is 3.93. The van der Waals surface area contributed by atoms with E-state index in [9.17, 15) is 4.79 Å². The average molecular weight is 352 g/mol. The molecule has 0 unspecified atom stereocenters. The van der Waals surface area contributed by atoms with Gasteiger partial charge in [0.1, 0.15) is 23.9 Å². The molecule has 3 rings (SSSR count). The maximum Gasteiger partial charge on any atom is 0.278 e. The lowest BCUT2D eigenvalue weighted by Gasteiger charge is -2.08. The molecule has 0 aliphatic carbocycles.